The summed E-state index contributed by atoms with van der Waals surface area (Å²) in [6.07, 6.45) is 6.00. The Morgan fingerprint density at radius 2 is 2.10 bits per heavy atom. The topological polar surface area (TPSA) is 55.1 Å². The van der Waals surface area contributed by atoms with E-state index >= 15 is 0 Å². The third-order valence-corrected chi connectivity index (χ3v) is 4.21. The first-order chi connectivity index (χ1) is 9.65. The third-order valence-electron chi connectivity index (χ3n) is 4.21. The number of carbonyl (C=O) groups is 1. The molecule has 0 bridgehead atoms. The first-order valence-corrected chi connectivity index (χ1v) is 7.75. The minimum Gasteiger partial charge on any atom is -0.353 e. The Morgan fingerprint density at radius 3 is 2.80 bits per heavy atom. The minimum absolute atomic E-state index is 0.0489. The molecule has 0 aliphatic heterocycles. The Labute approximate surface area is 121 Å². The van der Waals surface area contributed by atoms with E-state index in [0.717, 1.165) is 24.3 Å². The lowest BCUT2D eigenvalue weighted by molar-refractivity contribution is -0.122. The van der Waals surface area contributed by atoms with Gasteiger partial charge in [-0.05, 0) is 30.7 Å². The first kappa shape index (κ1) is 15.0. The van der Waals surface area contributed by atoms with Gasteiger partial charge < -0.3 is 11.1 Å². The van der Waals surface area contributed by atoms with Crippen LogP contribution in [-0.2, 0) is 4.79 Å². The number of nitrogens with two attached hydrogens (primary N) is 1. The molecule has 1 amide bonds. The second-order valence-corrected chi connectivity index (χ2v) is 6.09. The molecule has 0 aromatic heterocycles. The molecule has 1 aliphatic carbocycles. The smallest absolute Gasteiger partial charge is 0.220 e. The second-order valence-electron chi connectivity index (χ2n) is 6.09. The molecule has 0 heterocycles. The molecule has 1 aromatic rings. The lowest BCUT2D eigenvalue weighted by Gasteiger charge is -2.27. The van der Waals surface area contributed by atoms with Crippen LogP contribution in [0.2, 0.25) is 0 Å². The average Bonchev–Trinajstić information content (AvgIpc) is 2.46. The van der Waals surface area contributed by atoms with Gasteiger partial charge in [0.05, 0.1) is 0 Å². The van der Waals surface area contributed by atoms with E-state index in [1.807, 2.05) is 30.3 Å². The first-order valence-electron chi connectivity index (χ1n) is 7.75. The maximum absolute atomic E-state index is 12.0. The van der Waals surface area contributed by atoms with Crippen molar-refractivity contribution in [2.45, 2.75) is 57.5 Å². The van der Waals surface area contributed by atoms with Crippen molar-refractivity contribution >= 4 is 5.91 Å². The lowest BCUT2D eigenvalue weighted by Crippen LogP contribution is -2.38. The van der Waals surface area contributed by atoms with E-state index in [1.165, 1.54) is 12.8 Å². The Kier molecular flexibility index (Phi) is 5.60. The summed E-state index contributed by atoms with van der Waals surface area (Å²) in [5, 5.41) is 3.16. The van der Waals surface area contributed by atoms with E-state index in [0.29, 0.717) is 18.9 Å². The van der Waals surface area contributed by atoms with Gasteiger partial charge in [0.2, 0.25) is 5.91 Å². The predicted octanol–water partition coefficient (Wildman–Crippen LogP) is 3.16. The fourth-order valence-electron chi connectivity index (χ4n) is 3.02. The van der Waals surface area contributed by atoms with Crippen LogP contribution < -0.4 is 11.1 Å². The third kappa shape index (κ3) is 4.64. The van der Waals surface area contributed by atoms with Gasteiger partial charge in [0.25, 0.3) is 0 Å². The number of hydrogen-bond acceptors (Lipinski definition) is 2. The highest BCUT2D eigenvalue weighted by atomic mass is 16.1. The van der Waals surface area contributed by atoms with Crippen molar-refractivity contribution in [2.24, 2.45) is 11.7 Å². The average molecular weight is 274 g/mol. The van der Waals surface area contributed by atoms with E-state index in [-0.39, 0.29) is 11.9 Å². The molecule has 2 rings (SSSR count). The summed E-state index contributed by atoms with van der Waals surface area (Å²) in [6, 6.07) is 10.3. The summed E-state index contributed by atoms with van der Waals surface area (Å²) in [7, 11) is 0. The lowest BCUT2D eigenvalue weighted by atomic mass is 9.87. The molecule has 3 atom stereocenters. The summed E-state index contributed by atoms with van der Waals surface area (Å²) >= 11 is 0. The Balaban J connectivity index is 1.72. The van der Waals surface area contributed by atoms with Crippen molar-refractivity contribution < 1.29 is 4.79 Å². The summed E-state index contributed by atoms with van der Waals surface area (Å²) < 4.78 is 0. The van der Waals surface area contributed by atoms with Gasteiger partial charge in [0.15, 0.2) is 0 Å². The molecule has 3 heteroatoms. The molecule has 3 unspecified atom stereocenters. The molecule has 1 fully saturated rings. The summed E-state index contributed by atoms with van der Waals surface area (Å²) in [5.74, 6) is 0.885. The number of carbonyl (C=O) groups excluding carboxylic acids is 1. The van der Waals surface area contributed by atoms with Crippen LogP contribution in [0.25, 0.3) is 0 Å². The number of amides is 1. The van der Waals surface area contributed by atoms with Gasteiger partial charge >= 0.3 is 0 Å². The quantitative estimate of drug-likeness (QED) is 0.866. The second kappa shape index (κ2) is 7.44. The zero-order valence-corrected chi connectivity index (χ0v) is 12.3. The van der Waals surface area contributed by atoms with E-state index in [9.17, 15) is 4.79 Å². The Morgan fingerprint density at radius 1 is 1.35 bits per heavy atom. The predicted molar refractivity (Wildman–Crippen MR) is 82.2 cm³/mol. The summed E-state index contributed by atoms with van der Waals surface area (Å²) in [5.41, 5.74) is 7.22. The van der Waals surface area contributed by atoms with E-state index in [4.69, 9.17) is 5.73 Å². The van der Waals surface area contributed by atoms with Gasteiger partial charge in [-0.25, -0.2) is 0 Å². The maximum atomic E-state index is 12.0. The van der Waals surface area contributed by atoms with Crippen molar-refractivity contribution in [3.63, 3.8) is 0 Å². The van der Waals surface area contributed by atoms with Crippen molar-refractivity contribution in [1.82, 2.24) is 5.32 Å². The van der Waals surface area contributed by atoms with Crippen LogP contribution in [0.5, 0.6) is 0 Å². The Bertz CT molecular complexity index is 418. The van der Waals surface area contributed by atoms with Gasteiger partial charge in [0, 0.05) is 18.5 Å². The molecule has 1 saturated carbocycles. The highest BCUT2D eigenvalue weighted by molar-refractivity contribution is 5.76. The molecular weight excluding hydrogens is 248 g/mol. The molecule has 0 saturated heterocycles. The fourth-order valence-corrected chi connectivity index (χ4v) is 3.02. The molecule has 110 valence electrons. The van der Waals surface area contributed by atoms with E-state index in [2.05, 4.69) is 12.2 Å². The normalized spacial score (nSPS) is 24.1. The highest BCUT2D eigenvalue weighted by Crippen LogP contribution is 2.23. The zero-order valence-electron chi connectivity index (χ0n) is 12.3. The van der Waals surface area contributed by atoms with E-state index < -0.39 is 0 Å². The van der Waals surface area contributed by atoms with Crippen LogP contribution in [0.4, 0.5) is 0 Å². The molecule has 1 aromatic carbocycles. The summed E-state index contributed by atoms with van der Waals surface area (Å²) in [6.45, 7) is 2.27. The zero-order chi connectivity index (χ0) is 14.4. The van der Waals surface area contributed by atoms with Crippen LogP contribution >= 0.6 is 0 Å². The van der Waals surface area contributed by atoms with Gasteiger partial charge in [0.1, 0.15) is 0 Å². The van der Waals surface area contributed by atoms with Crippen molar-refractivity contribution in [3.8, 4) is 0 Å². The van der Waals surface area contributed by atoms with Crippen molar-refractivity contribution in [2.75, 3.05) is 0 Å². The highest BCUT2D eigenvalue weighted by Gasteiger charge is 2.20. The van der Waals surface area contributed by atoms with Crippen molar-refractivity contribution in [3.05, 3.63) is 35.9 Å². The standard InChI is InChI=1S/C17H26N2O/c1-13-6-5-9-15(12-13)19-17(20)11-10-16(18)14-7-3-2-4-8-14/h2-4,7-8,13,15-16H,5-6,9-12,18H2,1H3,(H,19,20). The number of hydrogen-bond donors (Lipinski definition) is 2. The molecule has 3 N–H and O–H groups in total. The minimum atomic E-state index is -0.0489. The monoisotopic (exact) mass is 274 g/mol. The van der Waals surface area contributed by atoms with E-state index in [1.54, 1.807) is 0 Å². The van der Waals surface area contributed by atoms with Gasteiger partial charge in [-0.15, -0.1) is 0 Å². The van der Waals surface area contributed by atoms with Crippen LogP contribution in [0.15, 0.2) is 30.3 Å². The van der Waals surface area contributed by atoms with Crippen LogP contribution in [0.3, 0.4) is 0 Å². The van der Waals surface area contributed by atoms with Gasteiger partial charge in [-0.2, -0.15) is 0 Å². The molecule has 1 aliphatic rings. The maximum Gasteiger partial charge on any atom is 0.220 e. The van der Waals surface area contributed by atoms with Gasteiger partial charge in [-0.3, -0.25) is 4.79 Å². The molecule has 20 heavy (non-hydrogen) atoms. The molecule has 0 radical (unpaired) electrons. The van der Waals surface area contributed by atoms with Gasteiger partial charge in [-0.1, -0.05) is 50.1 Å². The van der Waals surface area contributed by atoms with Crippen LogP contribution in [0, 0.1) is 5.92 Å². The Hall–Kier alpha value is -1.35. The summed E-state index contributed by atoms with van der Waals surface area (Å²) in [4.78, 5) is 12.0. The van der Waals surface area contributed by atoms with Crippen LogP contribution in [-0.4, -0.2) is 11.9 Å². The number of nitrogens with one attached hydrogen (secondary N) is 1. The largest absolute Gasteiger partial charge is 0.353 e. The number of benzene rings is 1. The van der Waals surface area contributed by atoms with Crippen LogP contribution in [0.1, 0.15) is 57.1 Å². The fraction of sp³-hybridized carbons (Fsp3) is 0.588. The SMILES string of the molecule is CC1CCCC(NC(=O)CCC(N)c2ccccc2)C1. The van der Waals surface area contributed by atoms with Crippen molar-refractivity contribution in [1.29, 1.82) is 0 Å². The molecular formula is C17H26N2O. The molecule has 3 nitrogen and oxygen atoms in total. The molecule has 0 spiro atoms. The number of rotatable bonds is 5.